The zero-order valence-corrected chi connectivity index (χ0v) is 13.1. The van der Waals surface area contributed by atoms with Crippen molar-refractivity contribution in [3.8, 4) is 0 Å². The molecule has 1 aliphatic heterocycles. The molecule has 0 radical (unpaired) electrons. The Labute approximate surface area is 121 Å². The summed E-state index contributed by atoms with van der Waals surface area (Å²) in [5.41, 5.74) is 5.57. The monoisotopic (exact) mass is 272 g/mol. The number of fused-ring (bicyclic) bond motifs is 1. The molecule has 1 aromatic carbocycles. The molecule has 0 atom stereocenters. The summed E-state index contributed by atoms with van der Waals surface area (Å²) < 4.78 is 0. The van der Waals surface area contributed by atoms with Gasteiger partial charge in [-0.3, -0.25) is 9.79 Å². The van der Waals surface area contributed by atoms with Crippen LogP contribution in [0.25, 0.3) is 5.57 Å². The van der Waals surface area contributed by atoms with Crippen LogP contribution in [0.5, 0.6) is 0 Å². The topological polar surface area (TPSA) is 41.5 Å². The van der Waals surface area contributed by atoms with Crippen molar-refractivity contribution in [2.45, 2.75) is 40.5 Å². The summed E-state index contributed by atoms with van der Waals surface area (Å²) in [7, 11) is 1.77. The van der Waals surface area contributed by atoms with E-state index in [9.17, 15) is 4.79 Å². The van der Waals surface area contributed by atoms with Gasteiger partial charge in [-0.25, -0.2) is 0 Å². The van der Waals surface area contributed by atoms with Crippen molar-refractivity contribution in [3.63, 3.8) is 0 Å². The van der Waals surface area contributed by atoms with Crippen molar-refractivity contribution in [3.05, 3.63) is 34.9 Å². The van der Waals surface area contributed by atoms with E-state index in [4.69, 9.17) is 0 Å². The Kier molecular flexibility index (Phi) is 6.16. The molecule has 0 unspecified atom stereocenters. The predicted molar refractivity (Wildman–Crippen MR) is 87.6 cm³/mol. The van der Waals surface area contributed by atoms with Crippen molar-refractivity contribution in [2.75, 3.05) is 12.4 Å². The number of nitrogens with zero attached hydrogens (tertiary/aromatic N) is 1. The molecular formula is C17H24N2O. The minimum Gasteiger partial charge on any atom is -0.326 e. The second-order valence-corrected chi connectivity index (χ2v) is 4.38. The number of hydrogen-bond acceptors (Lipinski definition) is 2. The van der Waals surface area contributed by atoms with Crippen LogP contribution < -0.4 is 5.32 Å². The zero-order valence-electron chi connectivity index (χ0n) is 13.1. The second-order valence-electron chi connectivity index (χ2n) is 4.38. The van der Waals surface area contributed by atoms with E-state index in [0.29, 0.717) is 6.42 Å². The van der Waals surface area contributed by atoms with E-state index in [1.165, 1.54) is 11.1 Å². The smallest absolute Gasteiger partial charge is 0.228 e. The molecular weight excluding hydrogens is 248 g/mol. The Morgan fingerprint density at radius 2 is 2.10 bits per heavy atom. The summed E-state index contributed by atoms with van der Waals surface area (Å²) in [5.74, 6) is 0.0791. The van der Waals surface area contributed by atoms with Crippen LogP contribution >= 0.6 is 0 Å². The molecule has 0 aromatic heterocycles. The number of anilines is 1. The number of hydrogen-bond donors (Lipinski definition) is 1. The molecule has 2 rings (SSSR count). The van der Waals surface area contributed by atoms with Crippen molar-refractivity contribution >= 4 is 23.4 Å². The van der Waals surface area contributed by atoms with Crippen LogP contribution in [-0.2, 0) is 17.6 Å². The third-order valence-electron chi connectivity index (χ3n) is 3.23. The first kappa shape index (κ1) is 16.2. The molecule has 1 amide bonds. The molecule has 20 heavy (non-hydrogen) atoms. The summed E-state index contributed by atoms with van der Waals surface area (Å²) in [6, 6.07) is 4.20. The summed E-state index contributed by atoms with van der Waals surface area (Å²) in [4.78, 5) is 15.5. The molecule has 1 aromatic rings. The maximum atomic E-state index is 11.4. The molecule has 0 aliphatic carbocycles. The first-order valence-electron chi connectivity index (χ1n) is 7.24. The van der Waals surface area contributed by atoms with E-state index in [0.717, 1.165) is 23.2 Å². The fraction of sp³-hybridized carbons (Fsp3) is 0.412. The molecule has 0 saturated heterocycles. The van der Waals surface area contributed by atoms with Crippen molar-refractivity contribution in [1.82, 2.24) is 0 Å². The third kappa shape index (κ3) is 3.35. The largest absolute Gasteiger partial charge is 0.326 e. The molecule has 1 N–H and O–H groups in total. The van der Waals surface area contributed by atoms with Gasteiger partial charge in [-0.2, -0.15) is 0 Å². The highest BCUT2D eigenvalue weighted by atomic mass is 16.1. The predicted octanol–water partition coefficient (Wildman–Crippen LogP) is 3.87. The van der Waals surface area contributed by atoms with Crippen molar-refractivity contribution < 1.29 is 4.79 Å². The summed E-state index contributed by atoms with van der Waals surface area (Å²) in [6.45, 7) is 8.13. The van der Waals surface area contributed by atoms with Crippen LogP contribution in [0.1, 0.15) is 44.4 Å². The molecule has 108 valence electrons. The van der Waals surface area contributed by atoms with Gasteiger partial charge in [0.2, 0.25) is 5.91 Å². The van der Waals surface area contributed by atoms with E-state index >= 15 is 0 Å². The quantitative estimate of drug-likeness (QED) is 0.834. The van der Waals surface area contributed by atoms with Crippen LogP contribution in [0.15, 0.2) is 23.2 Å². The Morgan fingerprint density at radius 1 is 1.40 bits per heavy atom. The minimum atomic E-state index is 0.0791. The van der Waals surface area contributed by atoms with Crippen molar-refractivity contribution in [1.29, 1.82) is 0 Å². The highest BCUT2D eigenvalue weighted by molar-refractivity contribution is 6.11. The number of amides is 1. The van der Waals surface area contributed by atoms with E-state index in [-0.39, 0.29) is 5.91 Å². The maximum absolute atomic E-state index is 11.4. The van der Waals surface area contributed by atoms with Gasteiger partial charge >= 0.3 is 0 Å². The van der Waals surface area contributed by atoms with Gasteiger partial charge in [-0.05, 0) is 47.7 Å². The number of benzene rings is 1. The minimum absolute atomic E-state index is 0.0791. The Bertz CT molecular complexity index is 542. The first-order chi connectivity index (χ1) is 9.69. The van der Waals surface area contributed by atoms with Crippen LogP contribution in [-0.4, -0.2) is 19.2 Å². The molecule has 0 bridgehead atoms. The molecule has 1 heterocycles. The normalized spacial score (nSPS) is 13.8. The van der Waals surface area contributed by atoms with Crippen LogP contribution in [0.4, 0.5) is 5.69 Å². The van der Waals surface area contributed by atoms with Crippen LogP contribution in [0.3, 0.4) is 0 Å². The second kappa shape index (κ2) is 7.63. The van der Waals surface area contributed by atoms with Gasteiger partial charge < -0.3 is 5.32 Å². The summed E-state index contributed by atoms with van der Waals surface area (Å²) in [6.07, 6.45) is 5.34. The number of aliphatic imine (C=N–C) groups is 1. The lowest BCUT2D eigenvalue weighted by Crippen LogP contribution is -2.03. The number of carbonyl (C=O) groups is 1. The third-order valence-corrected chi connectivity index (χ3v) is 3.23. The average Bonchev–Trinajstić information content (AvgIpc) is 2.84. The Balaban J connectivity index is 0.000000956. The first-order valence-corrected chi connectivity index (χ1v) is 7.24. The lowest BCUT2D eigenvalue weighted by Gasteiger charge is -2.11. The SMILES string of the molecule is C/C=C(\C=NC)c1cc2c(cc1CC)NC(=O)C2.CC. The summed E-state index contributed by atoms with van der Waals surface area (Å²) in [5, 5.41) is 2.90. The van der Waals surface area contributed by atoms with E-state index in [1.807, 2.05) is 27.0 Å². The van der Waals surface area contributed by atoms with Gasteiger partial charge in [0.05, 0.1) is 6.42 Å². The molecule has 0 fully saturated rings. The number of allylic oxidation sites excluding steroid dienone is 2. The van der Waals surface area contributed by atoms with Crippen LogP contribution in [0.2, 0.25) is 0 Å². The number of nitrogens with one attached hydrogen (secondary N) is 1. The molecule has 0 spiro atoms. The maximum Gasteiger partial charge on any atom is 0.228 e. The number of aryl methyl sites for hydroxylation is 1. The average molecular weight is 272 g/mol. The highest BCUT2D eigenvalue weighted by Crippen LogP contribution is 2.30. The van der Waals surface area contributed by atoms with Gasteiger partial charge in [0.1, 0.15) is 0 Å². The summed E-state index contributed by atoms with van der Waals surface area (Å²) >= 11 is 0. The fourth-order valence-corrected chi connectivity index (χ4v) is 2.32. The molecule has 3 nitrogen and oxygen atoms in total. The molecule has 3 heteroatoms. The van der Waals surface area contributed by atoms with Crippen LogP contribution in [0, 0.1) is 0 Å². The lowest BCUT2D eigenvalue weighted by molar-refractivity contribution is -0.115. The lowest BCUT2D eigenvalue weighted by atomic mass is 9.95. The van der Waals surface area contributed by atoms with Gasteiger partial charge in [0, 0.05) is 18.9 Å². The van der Waals surface area contributed by atoms with Crippen molar-refractivity contribution in [2.24, 2.45) is 4.99 Å². The standard InChI is InChI=1S/C15H18N2O.C2H6/c1-4-10-7-14-12(8-15(18)17-14)6-13(10)11(5-2)9-16-3;1-2/h5-7,9H,4,8H2,1-3H3,(H,17,18);1-2H3/b11-5+,16-9?;. The van der Waals surface area contributed by atoms with E-state index < -0.39 is 0 Å². The van der Waals surface area contributed by atoms with Gasteiger partial charge in [0.15, 0.2) is 0 Å². The molecule has 0 saturated carbocycles. The fourth-order valence-electron chi connectivity index (χ4n) is 2.32. The van der Waals surface area contributed by atoms with E-state index in [2.05, 4.69) is 35.4 Å². The van der Waals surface area contributed by atoms with Gasteiger partial charge in [-0.1, -0.05) is 26.8 Å². The Hall–Kier alpha value is -1.90. The Morgan fingerprint density at radius 3 is 2.65 bits per heavy atom. The van der Waals surface area contributed by atoms with Gasteiger partial charge in [0.25, 0.3) is 0 Å². The van der Waals surface area contributed by atoms with E-state index in [1.54, 1.807) is 7.05 Å². The molecule has 1 aliphatic rings. The van der Waals surface area contributed by atoms with Gasteiger partial charge in [-0.15, -0.1) is 0 Å². The zero-order chi connectivity index (χ0) is 15.1. The highest BCUT2D eigenvalue weighted by Gasteiger charge is 2.20. The number of rotatable bonds is 3. The number of carbonyl (C=O) groups excluding carboxylic acids is 1.